The lowest BCUT2D eigenvalue weighted by molar-refractivity contribution is -0.142. The Kier molecular flexibility index (Phi) is 3.84. The summed E-state index contributed by atoms with van der Waals surface area (Å²) in [5.74, 6) is -1.32. The number of nitrogens with one attached hydrogen (secondary N) is 3. The van der Waals surface area contributed by atoms with E-state index in [1.807, 2.05) is 0 Å². The Hall–Kier alpha value is -1.89. The molecule has 1 aliphatic rings. The minimum absolute atomic E-state index is 0.192. The van der Waals surface area contributed by atoms with Crippen LogP contribution in [0.4, 0.5) is 0 Å². The van der Waals surface area contributed by atoms with Gasteiger partial charge < -0.3 is 20.7 Å². The second-order valence-corrected chi connectivity index (χ2v) is 5.01. The number of carbonyl (C=O) groups is 2. The molecule has 1 amide bonds. The van der Waals surface area contributed by atoms with E-state index >= 15 is 0 Å². The van der Waals surface area contributed by atoms with Crippen molar-refractivity contribution in [2.45, 2.75) is 37.8 Å². The molecule has 2 rings (SSSR count). The highest BCUT2D eigenvalue weighted by molar-refractivity contribution is 5.90. The van der Waals surface area contributed by atoms with Gasteiger partial charge >= 0.3 is 5.97 Å². The fourth-order valence-electron chi connectivity index (χ4n) is 2.22. The van der Waals surface area contributed by atoms with Gasteiger partial charge in [0, 0.05) is 18.3 Å². The minimum atomic E-state index is -1.05. The Morgan fingerprint density at radius 3 is 2.95 bits per heavy atom. The zero-order valence-electron chi connectivity index (χ0n) is 10.8. The summed E-state index contributed by atoms with van der Waals surface area (Å²) < 4.78 is 0. The molecular weight excluding hydrogens is 248 g/mol. The molecule has 0 aromatic carbocycles. The van der Waals surface area contributed by atoms with Crippen molar-refractivity contribution in [1.82, 2.24) is 20.6 Å². The summed E-state index contributed by atoms with van der Waals surface area (Å²) in [5, 5.41) is 14.9. The van der Waals surface area contributed by atoms with E-state index in [1.165, 1.54) is 6.33 Å². The molecule has 4 N–H and O–H groups in total. The number of rotatable bonds is 5. The zero-order valence-corrected chi connectivity index (χ0v) is 10.8. The maximum atomic E-state index is 12.1. The van der Waals surface area contributed by atoms with E-state index in [9.17, 15) is 14.7 Å². The third kappa shape index (κ3) is 3.11. The quantitative estimate of drug-likeness (QED) is 0.583. The number of aliphatic carboxylic acids is 1. The fraction of sp³-hybridized carbons (Fsp3) is 0.583. The van der Waals surface area contributed by atoms with E-state index in [4.69, 9.17) is 0 Å². The monoisotopic (exact) mass is 266 g/mol. The molecule has 1 fully saturated rings. The maximum absolute atomic E-state index is 12.1. The van der Waals surface area contributed by atoms with Crippen LogP contribution in [0.3, 0.4) is 0 Å². The average Bonchev–Trinajstić information content (AvgIpc) is 3.00. The number of hydrogen-bond donors (Lipinski definition) is 4. The lowest BCUT2D eigenvalue weighted by Gasteiger charge is -2.25. The van der Waals surface area contributed by atoms with Crippen LogP contribution in [0, 0.1) is 0 Å². The molecule has 1 aromatic rings. The third-order valence-electron chi connectivity index (χ3n) is 3.45. The first-order valence-corrected chi connectivity index (χ1v) is 6.27. The van der Waals surface area contributed by atoms with Gasteiger partial charge in [-0.2, -0.15) is 0 Å². The molecule has 0 aliphatic carbocycles. The van der Waals surface area contributed by atoms with Crippen LogP contribution >= 0.6 is 0 Å². The fourth-order valence-corrected chi connectivity index (χ4v) is 2.22. The number of nitrogens with zero attached hydrogens (tertiary/aromatic N) is 1. The van der Waals surface area contributed by atoms with E-state index in [-0.39, 0.29) is 12.3 Å². The van der Waals surface area contributed by atoms with E-state index in [1.54, 1.807) is 13.1 Å². The average molecular weight is 266 g/mol. The maximum Gasteiger partial charge on any atom is 0.326 e. The molecule has 0 saturated carbocycles. The first-order chi connectivity index (χ1) is 9.01. The van der Waals surface area contributed by atoms with Crippen molar-refractivity contribution < 1.29 is 14.7 Å². The van der Waals surface area contributed by atoms with E-state index in [0.717, 1.165) is 19.4 Å². The van der Waals surface area contributed by atoms with E-state index in [0.29, 0.717) is 5.69 Å². The summed E-state index contributed by atoms with van der Waals surface area (Å²) in [7, 11) is 0. The number of imidazole rings is 1. The number of carboxylic acids is 1. The first-order valence-electron chi connectivity index (χ1n) is 6.27. The van der Waals surface area contributed by atoms with Crippen LogP contribution in [0.15, 0.2) is 12.5 Å². The van der Waals surface area contributed by atoms with Crippen molar-refractivity contribution in [3.8, 4) is 0 Å². The highest BCUT2D eigenvalue weighted by Gasteiger charge is 2.37. The molecule has 1 aliphatic heterocycles. The SMILES string of the molecule is CC1(C(=O)N[C@@H](Cc2cnc[nH]2)C(=O)O)CCCN1. The number of H-pyrrole nitrogens is 1. The second kappa shape index (κ2) is 5.40. The van der Waals surface area contributed by atoms with Crippen LogP contribution in [0.5, 0.6) is 0 Å². The second-order valence-electron chi connectivity index (χ2n) is 5.01. The molecule has 0 spiro atoms. The smallest absolute Gasteiger partial charge is 0.326 e. The van der Waals surface area contributed by atoms with Crippen LogP contribution in [0.25, 0.3) is 0 Å². The Morgan fingerprint density at radius 2 is 2.42 bits per heavy atom. The number of hydrogen-bond acceptors (Lipinski definition) is 4. The van der Waals surface area contributed by atoms with Gasteiger partial charge in [0.15, 0.2) is 0 Å². The van der Waals surface area contributed by atoms with Crippen molar-refractivity contribution in [2.24, 2.45) is 0 Å². The summed E-state index contributed by atoms with van der Waals surface area (Å²) >= 11 is 0. The molecule has 7 heteroatoms. The van der Waals surface area contributed by atoms with E-state index < -0.39 is 17.6 Å². The van der Waals surface area contributed by atoms with E-state index in [2.05, 4.69) is 20.6 Å². The van der Waals surface area contributed by atoms with Crippen LogP contribution in [-0.2, 0) is 16.0 Å². The summed E-state index contributed by atoms with van der Waals surface area (Å²) in [5.41, 5.74) is 0.0130. The molecule has 1 unspecified atom stereocenters. The van der Waals surface area contributed by atoms with Crippen molar-refractivity contribution in [2.75, 3.05) is 6.54 Å². The van der Waals surface area contributed by atoms with Gasteiger partial charge in [-0.1, -0.05) is 0 Å². The summed E-state index contributed by atoms with van der Waals surface area (Å²) in [6.45, 7) is 2.58. The largest absolute Gasteiger partial charge is 0.480 e. The minimum Gasteiger partial charge on any atom is -0.480 e. The third-order valence-corrected chi connectivity index (χ3v) is 3.45. The van der Waals surface area contributed by atoms with Gasteiger partial charge in [0.25, 0.3) is 0 Å². The standard InChI is InChI=1S/C12H18N4O3/c1-12(3-2-4-15-12)11(19)16-9(10(17)18)5-8-6-13-7-14-8/h6-7,9,15H,2-5H2,1H3,(H,13,14)(H,16,19)(H,17,18)/t9-,12?/m0/s1. The molecule has 1 saturated heterocycles. The van der Waals surface area contributed by atoms with Gasteiger partial charge in [0.2, 0.25) is 5.91 Å². The lowest BCUT2D eigenvalue weighted by Crippen LogP contribution is -2.55. The van der Waals surface area contributed by atoms with Crippen molar-refractivity contribution in [3.63, 3.8) is 0 Å². The molecule has 1 aromatic heterocycles. The zero-order chi connectivity index (χ0) is 13.9. The summed E-state index contributed by atoms with van der Waals surface area (Å²) in [4.78, 5) is 30.0. The number of amides is 1. The highest BCUT2D eigenvalue weighted by atomic mass is 16.4. The normalized spacial score (nSPS) is 24.1. The molecule has 0 bridgehead atoms. The lowest BCUT2D eigenvalue weighted by atomic mass is 9.98. The Balaban J connectivity index is 2.00. The molecule has 2 heterocycles. The van der Waals surface area contributed by atoms with Gasteiger partial charge in [0.05, 0.1) is 11.9 Å². The van der Waals surface area contributed by atoms with Crippen LogP contribution in [0.2, 0.25) is 0 Å². The van der Waals surface area contributed by atoms with Gasteiger partial charge in [0.1, 0.15) is 6.04 Å². The molecule has 2 atom stereocenters. The predicted molar refractivity (Wildman–Crippen MR) is 67.5 cm³/mol. The summed E-state index contributed by atoms with van der Waals surface area (Å²) in [6, 6.07) is -0.952. The molecule has 0 radical (unpaired) electrons. The topological polar surface area (TPSA) is 107 Å². The van der Waals surface area contributed by atoms with Crippen LogP contribution in [-0.4, -0.2) is 45.1 Å². The van der Waals surface area contributed by atoms with Gasteiger partial charge in [-0.15, -0.1) is 0 Å². The Morgan fingerprint density at radius 1 is 1.63 bits per heavy atom. The molecule has 7 nitrogen and oxygen atoms in total. The van der Waals surface area contributed by atoms with Gasteiger partial charge in [-0.05, 0) is 26.3 Å². The number of aromatic amines is 1. The molecule has 19 heavy (non-hydrogen) atoms. The summed E-state index contributed by atoms with van der Waals surface area (Å²) in [6.07, 6.45) is 4.86. The predicted octanol–water partition coefficient (Wildman–Crippen LogP) is -0.336. The van der Waals surface area contributed by atoms with Gasteiger partial charge in [-0.3, -0.25) is 4.79 Å². The van der Waals surface area contributed by atoms with Crippen molar-refractivity contribution in [3.05, 3.63) is 18.2 Å². The molecular formula is C12H18N4O3. The van der Waals surface area contributed by atoms with Crippen molar-refractivity contribution >= 4 is 11.9 Å². The Bertz CT molecular complexity index is 452. The van der Waals surface area contributed by atoms with Gasteiger partial charge in [-0.25, -0.2) is 9.78 Å². The molecule has 104 valence electrons. The number of carbonyl (C=O) groups excluding carboxylic acids is 1. The van der Waals surface area contributed by atoms with Crippen LogP contribution < -0.4 is 10.6 Å². The number of aromatic nitrogens is 2. The Labute approximate surface area is 110 Å². The van der Waals surface area contributed by atoms with Crippen molar-refractivity contribution in [1.29, 1.82) is 0 Å². The van der Waals surface area contributed by atoms with Crippen LogP contribution in [0.1, 0.15) is 25.5 Å². The number of carboxylic acid groups (broad SMARTS) is 1. The first kappa shape index (κ1) is 13.5. The highest BCUT2D eigenvalue weighted by Crippen LogP contribution is 2.18.